The molecule has 14 aromatic rings. The summed E-state index contributed by atoms with van der Waals surface area (Å²) in [5, 5.41) is 14.4. The standard InChI is InChI=1S/C10H8.C9H11N.2C9H7N.C9H10O.C9H10S.2C8H6N2.C4H5N3.17C2H6/c1-2-6-10-8-4-3-7-9(10)5-1;2*1-2-6-9-8(4-1)5-3-7-10-9;1-2-4-9-7-10-6-5-8(9)3-1;2*1-2-6-9-8(4-1)5-3-7-10-9;1-2-4-8-7(3-1)5-9-6-10-8;1-2-4-8-7(3-1)9-5-6-10-8;1-4-2-6-7-3-5-4;17*1-2/h1-8H;3,5,7H,1-2,4,6H2;2*1-7H;2*1-2,4,6H,3,5,7H2;2*1-6H;2-3H,1H3;17*1-2H3. The fourth-order valence-corrected chi connectivity index (χ4v) is 10.5. The average molecular weight is 1670 g/mol. The van der Waals surface area contributed by atoms with Crippen molar-refractivity contribution in [2.75, 3.05) is 12.4 Å². The van der Waals surface area contributed by atoms with E-state index in [1.165, 1.54) is 106 Å². The van der Waals surface area contributed by atoms with Gasteiger partial charge in [0.1, 0.15) is 18.4 Å². The van der Waals surface area contributed by atoms with Crippen LogP contribution in [-0.4, -0.2) is 62.4 Å². The molecule has 3 aliphatic rings. The normalized spacial score (nSPS) is 9.48. The zero-order valence-corrected chi connectivity index (χ0v) is 83.8. The lowest BCUT2D eigenvalue weighted by molar-refractivity contribution is 0.288. The van der Waals surface area contributed by atoms with Crippen LogP contribution in [0, 0.1) is 6.92 Å². The van der Waals surface area contributed by atoms with Crippen molar-refractivity contribution in [1.29, 1.82) is 0 Å². The number of aryl methyl sites for hydroxylation is 5. The minimum Gasteiger partial charge on any atom is -0.493 e. The van der Waals surface area contributed by atoms with Gasteiger partial charge in [0.15, 0.2) is 0 Å². The number of hydrogen-bond donors (Lipinski definition) is 0. The first-order valence-corrected chi connectivity index (χ1v) is 47.4. The number of pyridine rings is 3. The second-order valence-electron chi connectivity index (χ2n) is 20.1. The van der Waals surface area contributed by atoms with E-state index in [-0.39, 0.29) is 0 Å². The maximum atomic E-state index is 5.42. The van der Waals surface area contributed by atoms with Crippen molar-refractivity contribution in [3.63, 3.8) is 0 Å². The van der Waals surface area contributed by atoms with Crippen LogP contribution in [0.2, 0.25) is 0 Å². The summed E-state index contributed by atoms with van der Waals surface area (Å²) in [5.41, 5.74) is 10.5. The molecule has 8 aromatic carbocycles. The Bertz CT molecular complexity index is 3340. The number of ether oxygens (including phenoxy) is 1. The maximum absolute atomic E-state index is 5.42. The Morgan fingerprint density at radius 3 is 1.07 bits per heavy atom. The Hall–Kier alpha value is -10.2. The average Bonchev–Trinajstić information content (AvgIpc) is 0.932. The first-order valence-electron chi connectivity index (χ1n) is 46.4. The maximum Gasteiger partial charge on any atom is 0.138 e. The number of benzene rings is 8. The van der Waals surface area contributed by atoms with E-state index >= 15 is 0 Å². The van der Waals surface area contributed by atoms with E-state index in [1.54, 1.807) is 30.5 Å². The number of para-hydroxylation sites is 5. The van der Waals surface area contributed by atoms with Crippen LogP contribution < -0.4 is 4.74 Å². The summed E-state index contributed by atoms with van der Waals surface area (Å²) in [6, 6.07) is 75.9. The molecule has 0 saturated heterocycles. The molecule has 0 unspecified atom stereocenters. The van der Waals surface area contributed by atoms with Crippen molar-refractivity contribution in [1.82, 2.24) is 50.1 Å². The molecule has 8 heterocycles. The van der Waals surface area contributed by atoms with E-state index in [1.807, 2.05) is 394 Å². The number of thioether (sulfide) groups is 1. The molecule has 0 spiro atoms. The van der Waals surface area contributed by atoms with E-state index in [2.05, 4.69) is 165 Å². The largest absolute Gasteiger partial charge is 0.493 e. The topological polar surface area (TPSA) is 138 Å². The van der Waals surface area contributed by atoms with Gasteiger partial charge in [-0.15, -0.1) is 16.9 Å². The van der Waals surface area contributed by atoms with Crippen LogP contribution >= 0.6 is 11.8 Å². The fraction of sp³-hybridized carbons (Fsp3) is 0.413. The Balaban J connectivity index is -0.000000160. The van der Waals surface area contributed by atoms with Crippen molar-refractivity contribution in [3.8, 4) is 5.75 Å². The summed E-state index contributed by atoms with van der Waals surface area (Å²) < 4.78 is 5.42. The lowest BCUT2D eigenvalue weighted by Gasteiger charge is -2.15. The van der Waals surface area contributed by atoms with Gasteiger partial charge in [-0.2, -0.15) is 5.10 Å². The predicted octanol–water partition coefficient (Wildman–Crippen LogP) is 34.9. The quantitative estimate of drug-likeness (QED) is 0.143. The molecule has 17 rings (SSSR count). The summed E-state index contributed by atoms with van der Waals surface area (Å²) in [6.07, 6.45) is 27.2. The molecule has 0 atom stereocenters. The number of fused-ring (bicyclic) bond motifs is 8. The van der Waals surface area contributed by atoms with Gasteiger partial charge in [-0.25, -0.2) is 15.0 Å². The van der Waals surface area contributed by atoms with Crippen LogP contribution in [0.5, 0.6) is 5.75 Å². The Morgan fingerprint density at radius 2 is 0.620 bits per heavy atom. The molecular weight excluding hydrogens is 1500 g/mol. The van der Waals surface area contributed by atoms with Crippen molar-refractivity contribution in [3.05, 3.63) is 315 Å². The van der Waals surface area contributed by atoms with E-state index < -0.39 is 0 Å². The molecule has 0 radical (unpaired) electrons. The molecule has 6 aromatic heterocycles. The lowest BCUT2D eigenvalue weighted by atomic mass is 9.96. The van der Waals surface area contributed by atoms with Crippen molar-refractivity contribution in [2.24, 2.45) is 0 Å². The predicted molar refractivity (Wildman–Crippen MR) is 551 cm³/mol. The molecule has 0 saturated carbocycles. The third kappa shape index (κ3) is 63.5. The van der Waals surface area contributed by atoms with Gasteiger partial charge < -0.3 is 4.74 Å². The molecule has 121 heavy (non-hydrogen) atoms. The van der Waals surface area contributed by atoms with Crippen LogP contribution in [0.3, 0.4) is 0 Å². The molecule has 0 amide bonds. The summed E-state index contributed by atoms with van der Waals surface area (Å²) >= 11 is 1.99. The minimum absolute atomic E-state index is 0.886. The monoisotopic (exact) mass is 1670 g/mol. The molecule has 0 fully saturated rings. The van der Waals surface area contributed by atoms with Crippen LogP contribution in [0.1, 0.15) is 289 Å². The molecule has 0 bridgehead atoms. The van der Waals surface area contributed by atoms with Gasteiger partial charge in [-0.05, 0) is 157 Å². The number of aromatic nitrogens is 10. The van der Waals surface area contributed by atoms with Crippen LogP contribution in [0.4, 0.5) is 0 Å². The van der Waals surface area contributed by atoms with Crippen LogP contribution in [0.25, 0.3) is 54.4 Å². The second kappa shape index (κ2) is 108. The minimum atomic E-state index is 0.886. The Morgan fingerprint density at radius 1 is 0.248 bits per heavy atom. The van der Waals surface area contributed by atoms with Crippen molar-refractivity contribution < 1.29 is 4.74 Å². The lowest BCUT2D eigenvalue weighted by Crippen LogP contribution is -2.07. The molecule has 2 aliphatic heterocycles. The summed E-state index contributed by atoms with van der Waals surface area (Å²) in [5.74, 6) is 2.38. The van der Waals surface area contributed by atoms with Crippen molar-refractivity contribution >= 4 is 66.1 Å². The summed E-state index contributed by atoms with van der Waals surface area (Å²) in [4.78, 5) is 34.0. The SMILES string of the molecule is CC.CC.CC.CC.CC.CC.CC.CC.CC.CC.CC.CC.CC.CC.CC.CC.CC.Cc1cnncn1.c1ccc2c(c1)CCCO2.c1ccc2c(c1)CCCS2.c1ccc2ccccc2c1.c1ccc2cnccc2c1.c1ccc2ncccc2c1.c1ccc2nccnc2c1.c1ccc2ncncc2c1.c1cnc2c(c1)CCCC2. The van der Waals surface area contributed by atoms with Gasteiger partial charge in [0, 0.05) is 64.7 Å². The molecule has 12 heteroatoms. The Labute approximate surface area is 747 Å². The zero-order chi connectivity index (χ0) is 93.6. The van der Waals surface area contributed by atoms with E-state index in [4.69, 9.17) is 4.74 Å². The van der Waals surface area contributed by atoms with E-state index in [0.717, 1.165) is 51.9 Å². The van der Waals surface area contributed by atoms with Crippen LogP contribution in [-0.2, 0) is 25.7 Å². The number of hydrogen-bond acceptors (Lipinski definition) is 12. The fourth-order valence-electron chi connectivity index (χ4n) is 9.43. The molecule has 670 valence electrons. The first-order chi connectivity index (χ1) is 60.1. The molecule has 0 N–H and O–H groups in total. The smallest absolute Gasteiger partial charge is 0.138 e. The van der Waals surface area contributed by atoms with Gasteiger partial charge >= 0.3 is 0 Å². The molecule has 1 aliphatic carbocycles. The van der Waals surface area contributed by atoms with Gasteiger partial charge in [0.25, 0.3) is 0 Å². The molecule has 11 nitrogen and oxygen atoms in total. The second-order valence-corrected chi connectivity index (χ2v) is 21.2. The highest BCUT2D eigenvalue weighted by Gasteiger charge is 2.09. The zero-order valence-electron chi connectivity index (χ0n) is 83.0. The number of nitrogens with zero attached hydrogens (tertiary/aromatic N) is 10. The first kappa shape index (κ1) is 129. The highest BCUT2D eigenvalue weighted by Crippen LogP contribution is 2.29. The van der Waals surface area contributed by atoms with Gasteiger partial charge in [0.2, 0.25) is 0 Å². The molecular formula is C109H172N10OS. The van der Waals surface area contributed by atoms with Crippen molar-refractivity contribution in [2.45, 2.75) is 299 Å². The highest BCUT2D eigenvalue weighted by atomic mass is 32.2. The van der Waals surface area contributed by atoms with Gasteiger partial charge in [-0.3, -0.25) is 24.9 Å². The van der Waals surface area contributed by atoms with E-state index in [9.17, 15) is 0 Å². The highest BCUT2D eigenvalue weighted by molar-refractivity contribution is 7.99. The third-order valence-electron chi connectivity index (χ3n) is 13.9. The summed E-state index contributed by atoms with van der Waals surface area (Å²) in [7, 11) is 0. The Kier molecular flexibility index (Phi) is 115. The number of rotatable bonds is 0. The van der Waals surface area contributed by atoms with E-state index in [0.29, 0.717) is 0 Å². The third-order valence-corrected chi connectivity index (χ3v) is 15.1. The van der Waals surface area contributed by atoms with Gasteiger partial charge in [-0.1, -0.05) is 405 Å². The van der Waals surface area contributed by atoms with Crippen LogP contribution in [0.15, 0.2) is 292 Å². The summed E-state index contributed by atoms with van der Waals surface area (Å²) in [6.45, 7) is 70.8. The van der Waals surface area contributed by atoms with Gasteiger partial charge in [0.05, 0.1) is 40.6 Å².